The molecule has 1 saturated heterocycles. The molecule has 1 aromatic carbocycles. The van der Waals surface area contributed by atoms with Crippen LogP contribution in [-0.4, -0.2) is 45.0 Å². The van der Waals surface area contributed by atoms with Gasteiger partial charge in [0.15, 0.2) is 0 Å². The van der Waals surface area contributed by atoms with Crippen LogP contribution in [0.3, 0.4) is 0 Å². The summed E-state index contributed by atoms with van der Waals surface area (Å²) in [7, 11) is 0. The molecule has 3 unspecified atom stereocenters. The Morgan fingerprint density at radius 1 is 1.27 bits per heavy atom. The molecule has 1 aromatic rings. The first kappa shape index (κ1) is 15.8. The molecule has 2 aliphatic rings. The molecule has 122 valence electrons. The fraction of sp³-hybridized carbons (Fsp3) is 0.667. The van der Waals surface area contributed by atoms with Gasteiger partial charge in [-0.05, 0) is 37.8 Å². The van der Waals surface area contributed by atoms with Gasteiger partial charge in [0.25, 0.3) is 0 Å². The number of aryl methyl sites for hydroxylation is 1. The largest absolute Gasteiger partial charge is 0.492 e. The molecule has 3 rings (SSSR count). The van der Waals surface area contributed by atoms with Crippen LogP contribution in [0, 0.1) is 12.8 Å². The first-order chi connectivity index (χ1) is 10.8. The Hall–Kier alpha value is -1.10. The highest BCUT2D eigenvalue weighted by molar-refractivity contribution is 5.26. The molecule has 4 nitrogen and oxygen atoms in total. The molecule has 2 N–H and O–H groups in total. The van der Waals surface area contributed by atoms with Crippen LogP contribution in [0.2, 0.25) is 0 Å². The van der Waals surface area contributed by atoms with Gasteiger partial charge in [0.05, 0.1) is 13.2 Å². The summed E-state index contributed by atoms with van der Waals surface area (Å²) in [6.07, 6.45) is 3.89. The zero-order valence-electron chi connectivity index (χ0n) is 13.5. The maximum atomic E-state index is 5.80. The first-order valence-electron chi connectivity index (χ1n) is 8.57. The summed E-state index contributed by atoms with van der Waals surface area (Å²) in [5, 5.41) is 7.31. The topological polar surface area (TPSA) is 42.5 Å². The molecule has 3 atom stereocenters. The van der Waals surface area contributed by atoms with E-state index in [2.05, 4.69) is 29.7 Å². The predicted octanol–water partition coefficient (Wildman–Crippen LogP) is 2.12. The summed E-state index contributed by atoms with van der Waals surface area (Å²) >= 11 is 0. The highest BCUT2D eigenvalue weighted by Crippen LogP contribution is 2.29. The number of benzene rings is 1. The molecule has 1 aliphatic heterocycles. The fourth-order valence-electron chi connectivity index (χ4n) is 3.63. The van der Waals surface area contributed by atoms with Gasteiger partial charge >= 0.3 is 0 Å². The summed E-state index contributed by atoms with van der Waals surface area (Å²) in [5.74, 6) is 1.65. The minimum atomic E-state index is 0.520. The quantitative estimate of drug-likeness (QED) is 0.790. The van der Waals surface area contributed by atoms with Crippen molar-refractivity contribution >= 4 is 0 Å². The highest BCUT2D eigenvalue weighted by Gasteiger charge is 2.34. The first-order valence-corrected chi connectivity index (χ1v) is 8.57. The number of morpholine rings is 1. The Balaban J connectivity index is 1.39. The van der Waals surface area contributed by atoms with E-state index in [-0.39, 0.29) is 0 Å². The van der Waals surface area contributed by atoms with Crippen molar-refractivity contribution in [2.45, 2.75) is 38.3 Å². The van der Waals surface area contributed by atoms with E-state index >= 15 is 0 Å². The van der Waals surface area contributed by atoms with Crippen LogP contribution in [0.15, 0.2) is 24.3 Å². The summed E-state index contributed by atoms with van der Waals surface area (Å²) in [4.78, 5) is 0. The van der Waals surface area contributed by atoms with E-state index in [1.807, 2.05) is 12.1 Å². The molecule has 0 radical (unpaired) electrons. The number of hydrogen-bond acceptors (Lipinski definition) is 4. The molecular formula is C18H28N2O2. The SMILES string of the molecule is Cc1ccc(OCCNC2CCCC2C2COCCN2)cc1. The van der Waals surface area contributed by atoms with Gasteiger partial charge in [-0.15, -0.1) is 0 Å². The summed E-state index contributed by atoms with van der Waals surface area (Å²) in [5.41, 5.74) is 1.27. The lowest BCUT2D eigenvalue weighted by Gasteiger charge is -2.33. The van der Waals surface area contributed by atoms with Crippen LogP contribution >= 0.6 is 0 Å². The zero-order valence-corrected chi connectivity index (χ0v) is 13.5. The van der Waals surface area contributed by atoms with E-state index in [1.54, 1.807) is 0 Å². The van der Waals surface area contributed by atoms with Crippen molar-refractivity contribution < 1.29 is 9.47 Å². The van der Waals surface area contributed by atoms with Gasteiger partial charge < -0.3 is 20.1 Å². The Kier molecular flexibility index (Phi) is 5.70. The van der Waals surface area contributed by atoms with Crippen molar-refractivity contribution in [3.8, 4) is 5.75 Å². The normalized spacial score (nSPS) is 28.7. The molecule has 22 heavy (non-hydrogen) atoms. The lowest BCUT2D eigenvalue weighted by atomic mass is 9.94. The average molecular weight is 304 g/mol. The van der Waals surface area contributed by atoms with Crippen LogP contribution in [0.25, 0.3) is 0 Å². The van der Waals surface area contributed by atoms with Gasteiger partial charge in [-0.3, -0.25) is 0 Å². The highest BCUT2D eigenvalue weighted by atomic mass is 16.5. The number of hydrogen-bond donors (Lipinski definition) is 2. The van der Waals surface area contributed by atoms with Gasteiger partial charge in [-0.1, -0.05) is 24.1 Å². The van der Waals surface area contributed by atoms with Gasteiger partial charge in [-0.25, -0.2) is 0 Å². The van der Waals surface area contributed by atoms with Crippen molar-refractivity contribution in [3.05, 3.63) is 29.8 Å². The van der Waals surface area contributed by atoms with E-state index in [0.29, 0.717) is 18.0 Å². The number of rotatable bonds is 6. The molecule has 0 spiro atoms. The summed E-state index contributed by atoms with van der Waals surface area (Å²) < 4.78 is 11.4. The second kappa shape index (κ2) is 7.95. The third kappa shape index (κ3) is 4.22. The van der Waals surface area contributed by atoms with Crippen LogP contribution in [0.5, 0.6) is 5.75 Å². The smallest absolute Gasteiger partial charge is 0.119 e. The molecule has 1 heterocycles. The number of ether oxygens (including phenoxy) is 2. The molecule has 4 heteroatoms. The third-order valence-electron chi connectivity index (χ3n) is 4.83. The van der Waals surface area contributed by atoms with E-state index in [4.69, 9.17) is 9.47 Å². The van der Waals surface area contributed by atoms with Gasteiger partial charge in [-0.2, -0.15) is 0 Å². The van der Waals surface area contributed by atoms with Crippen LogP contribution < -0.4 is 15.4 Å². The van der Waals surface area contributed by atoms with Crippen molar-refractivity contribution in [1.82, 2.24) is 10.6 Å². The number of nitrogens with one attached hydrogen (secondary N) is 2. The van der Waals surface area contributed by atoms with Crippen molar-refractivity contribution in [1.29, 1.82) is 0 Å². The van der Waals surface area contributed by atoms with E-state index in [0.717, 1.165) is 38.7 Å². The van der Waals surface area contributed by atoms with E-state index in [9.17, 15) is 0 Å². The summed E-state index contributed by atoms with van der Waals surface area (Å²) in [6, 6.07) is 9.37. The molecule has 0 amide bonds. The fourth-order valence-corrected chi connectivity index (χ4v) is 3.63. The molecule has 0 aromatic heterocycles. The van der Waals surface area contributed by atoms with E-state index < -0.39 is 0 Å². The van der Waals surface area contributed by atoms with Crippen molar-refractivity contribution in [2.24, 2.45) is 5.92 Å². The Labute approximate surface area is 133 Å². The van der Waals surface area contributed by atoms with Crippen molar-refractivity contribution in [3.63, 3.8) is 0 Å². The van der Waals surface area contributed by atoms with Crippen LogP contribution in [0.4, 0.5) is 0 Å². The molecule has 2 fully saturated rings. The second-order valence-corrected chi connectivity index (χ2v) is 6.45. The minimum Gasteiger partial charge on any atom is -0.492 e. The van der Waals surface area contributed by atoms with Gasteiger partial charge in [0.2, 0.25) is 0 Å². The Bertz CT molecular complexity index is 443. The van der Waals surface area contributed by atoms with Crippen LogP contribution in [0.1, 0.15) is 24.8 Å². The Morgan fingerprint density at radius 3 is 2.91 bits per heavy atom. The Morgan fingerprint density at radius 2 is 2.14 bits per heavy atom. The average Bonchev–Trinajstić information content (AvgIpc) is 3.02. The van der Waals surface area contributed by atoms with E-state index in [1.165, 1.54) is 24.8 Å². The lowest BCUT2D eigenvalue weighted by Crippen LogP contribution is -2.51. The lowest BCUT2D eigenvalue weighted by molar-refractivity contribution is 0.0523. The molecule has 0 bridgehead atoms. The minimum absolute atomic E-state index is 0.520. The maximum absolute atomic E-state index is 5.80. The molecule has 1 aliphatic carbocycles. The summed E-state index contributed by atoms with van der Waals surface area (Å²) in [6.45, 7) is 6.43. The van der Waals surface area contributed by atoms with Gasteiger partial charge in [0.1, 0.15) is 12.4 Å². The third-order valence-corrected chi connectivity index (χ3v) is 4.83. The standard InChI is InChI=1S/C18H28N2O2/c1-14-5-7-15(8-6-14)22-12-10-19-17-4-2-3-16(17)18-13-21-11-9-20-18/h5-8,16-20H,2-4,9-13H2,1H3. The maximum Gasteiger partial charge on any atom is 0.119 e. The van der Waals surface area contributed by atoms with Crippen LogP contribution in [-0.2, 0) is 4.74 Å². The molecular weight excluding hydrogens is 276 g/mol. The van der Waals surface area contributed by atoms with Gasteiger partial charge in [0, 0.05) is 25.2 Å². The zero-order chi connectivity index (χ0) is 15.2. The predicted molar refractivity (Wildman–Crippen MR) is 88.4 cm³/mol. The van der Waals surface area contributed by atoms with Crippen molar-refractivity contribution in [2.75, 3.05) is 32.9 Å². The molecule has 1 saturated carbocycles. The monoisotopic (exact) mass is 304 g/mol. The second-order valence-electron chi connectivity index (χ2n) is 6.45.